The molecule has 0 bridgehead atoms. The van der Waals surface area contributed by atoms with Crippen molar-refractivity contribution >= 4 is 30.4 Å². The molecule has 0 radical (unpaired) electrons. The monoisotopic (exact) mass is 360 g/mol. The molecule has 4 heteroatoms. The van der Waals surface area contributed by atoms with Gasteiger partial charge in [0, 0.05) is 26.8 Å². The molecule has 0 N–H and O–H groups in total. The summed E-state index contributed by atoms with van der Waals surface area (Å²) < 4.78 is 11.0. The lowest BCUT2D eigenvalue weighted by Gasteiger charge is -2.27. The third kappa shape index (κ3) is 2.69. The van der Waals surface area contributed by atoms with E-state index in [1.54, 1.807) is 12.5 Å². The van der Waals surface area contributed by atoms with Crippen LogP contribution in [0.1, 0.15) is 23.6 Å². The van der Waals surface area contributed by atoms with Gasteiger partial charge in [-0.1, -0.05) is 29.8 Å². The smallest absolute Gasteiger partial charge is 0.134 e. The zero-order valence-electron chi connectivity index (χ0n) is 9.64. The summed E-state index contributed by atoms with van der Waals surface area (Å²) in [4.78, 5) is 0. The second kappa shape index (κ2) is 5.46. The number of furan rings is 1. The van der Waals surface area contributed by atoms with E-state index in [9.17, 15) is 0 Å². The van der Waals surface area contributed by atoms with E-state index in [0.717, 1.165) is 11.1 Å². The molecule has 1 atom stereocenters. The second-order valence-corrected chi connectivity index (χ2v) is 5.43. The summed E-state index contributed by atoms with van der Waals surface area (Å²) in [6.45, 7) is 4.13. The molecule has 0 saturated carbocycles. The standard InChI is InChI=1S/C13H13IO2S/c1-10-4-3-5-11(8-10)13(2,16-17-14)12-6-7-15-9-12/h3-9H,1-2H3. The average Bonchev–Trinajstić information content (AvgIpc) is 2.83. The summed E-state index contributed by atoms with van der Waals surface area (Å²) in [5, 5.41) is 0. The van der Waals surface area contributed by atoms with Gasteiger partial charge in [-0.3, -0.25) is 4.18 Å². The van der Waals surface area contributed by atoms with Crippen molar-refractivity contribution in [1.29, 1.82) is 0 Å². The summed E-state index contributed by atoms with van der Waals surface area (Å²) in [6, 6.07) is 10.3. The number of benzene rings is 1. The van der Waals surface area contributed by atoms with Crippen LogP contribution in [0.5, 0.6) is 0 Å². The molecule has 1 unspecified atom stereocenters. The molecular formula is C13H13IO2S. The Morgan fingerprint density at radius 1 is 1.29 bits per heavy atom. The van der Waals surface area contributed by atoms with Crippen LogP contribution < -0.4 is 0 Å². The van der Waals surface area contributed by atoms with Crippen molar-refractivity contribution in [1.82, 2.24) is 0 Å². The molecule has 2 aromatic rings. The molecule has 0 spiro atoms. The minimum Gasteiger partial charge on any atom is -0.472 e. The van der Waals surface area contributed by atoms with Crippen molar-refractivity contribution in [3.63, 3.8) is 0 Å². The Bertz CT molecular complexity index is 484. The van der Waals surface area contributed by atoms with Crippen molar-refractivity contribution in [2.45, 2.75) is 19.4 Å². The van der Waals surface area contributed by atoms with Crippen LogP contribution >= 0.6 is 30.4 Å². The van der Waals surface area contributed by atoms with E-state index in [-0.39, 0.29) is 0 Å². The van der Waals surface area contributed by atoms with E-state index < -0.39 is 5.60 Å². The van der Waals surface area contributed by atoms with Gasteiger partial charge < -0.3 is 4.42 Å². The van der Waals surface area contributed by atoms with Gasteiger partial charge in [-0.15, -0.1) is 0 Å². The number of hydrogen-bond acceptors (Lipinski definition) is 3. The van der Waals surface area contributed by atoms with Crippen molar-refractivity contribution in [3.05, 3.63) is 59.5 Å². The molecule has 1 aromatic carbocycles. The first-order valence-electron chi connectivity index (χ1n) is 5.23. The molecular weight excluding hydrogens is 347 g/mol. The molecule has 0 fully saturated rings. The summed E-state index contributed by atoms with van der Waals surface area (Å²) in [6.07, 6.45) is 3.40. The lowest BCUT2D eigenvalue weighted by Crippen LogP contribution is -2.23. The number of aryl methyl sites for hydroxylation is 1. The Labute approximate surface area is 118 Å². The van der Waals surface area contributed by atoms with Gasteiger partial charge >= 0.3 is 0 Å². The first-order chi connectivity index (χ1) is 8.16. The number of hydrogen-bond donors (Lipinski definition) is 0. The molecule has 0 saturated heterocycles. The molecule has 0 amide bonds. The molecule has 2 rings (SSSR count). The topological polar surface area (TPSA) is 22.4 Å². The quantitative estimate of drug-likeness (QED) is 0.574. The SMILES string of the molecule is Cc1cccc(C(C)(OSI)c2ccoc2)c1. The van der Waals surface area contributed by atoms with E-state index in [2.05, 4.69) is 53.3 Å². The van der Waals surface area contributed by atoms with E-state index in [1.165, 1.54) is 14.8 Å². The van der Waals surface area contributed by atoms with Gasteiger partial charge in [0.1, 0.15) is 5.60 Å². The molecule has 1 aromatic heterocycles. The van der Waals surface area contributed by atoms with Crippen LogP contribution in [0.3, 0.4) is 0 Å². The molecule has 90 valence electrons. The van der Waals surface area contributed by atoms with Crippen molar-refractivity contribution in [3.8, 4) is 0 Å². The first kappa shape index (κ1) is 13.0. The normalized spacial score (nSPS) is 14.5. The Hall–Kier alpha value is -0.460. The van der Waals surface area contributed by atoms with Crippen LogP contribution in [0, 0.1) is 6.92 Å². The fourth-order valence-corrected chi connectivity index (χ4v) is 3.20. The largest absolute Gasteiger partial charge is 0.472 e. The Morgan fingerprint density at radius 2 is 2.12 bits per heavy atom. The predicted molar refractivity (Wildman–Crippen MR) is 79.0 cm³/mol. The lowest BCUT2D eigenvalue weighted by atomic mass is 9.89. The highest BCUT2D eigenvalue weighted by molar-refractivity contribution is 14.2. The number of halogens is 1. The summed E-state index contributed by atoms with van der Waals surface area (Å²) in [5.74, 6) is 0. The highest BCUT2D eigenvalue weighted by Gasteiger charge is 2.31. The predicted octanol–water partition coefficient (Wildman–Crippen LogP) is 4.87. The zero-order valence-corrected chi connectivity index (χ0v) is 12.6. The maximum Gasteiger partial charge on any atom is 0.134 e. The third-order valence-electron chi connectivity index (χ3n) is 2.84. The average molecular weight is 360 g/mol. The third-order valence-corrected chi connectivity index (χ3v) is 3.77. The van der Waals surface area contributed by atoms with Gasteiger partial charge in [-0.25, -0.2) is 0 Å². The minimum atomic E-state index is -0.481. The second-order valence-electron chi connectivity index (χ2n) is 4.06. The van der Waals surface area contributed by atoms with Crippen LogP contribution in [0.15, 0.2) is 47.3 Å². The van der Waals surface area contributed by atoms with Crippen molar-refractivity contribution in [2.75, 3.05) is 0 Å². The Balaban J connectivity index is 2.48. The Morgan fingerprint density at radius 3 is 2.71 bits per heavy atom. The van der Waals surface area contributed by atoms with Crippen LogP contribution in [0.25, 0.3) is 0 Å². The van der Waals surface area contributed by atoms with Gasteiger partial charge in [-0.05, 0) is 25.5 Å². The van der Waals surface area contributed by atoms with Crippen LogP contribution in [-0.4, -0.2) is 0 Å². The van der Waals surface area contributed by atoms with E-state index in [0.29, 0.717) is 0 Å². The lowest BCUT2D eigenvalue weighted by molar-refractivity contribution is 0.170. The fraction of sp³-hybridized carbons (Fsp3) is 0.231. The highest BCUT2D eigenvalue weighted by Crippen LogP contribution is 2.39. The summed E-state index contributed by atoms with van der Waals surface area (Å²) in [5.41, 5.74) is 2.89. The molecule has 0 aliphatic heterocycles. The Kier molecular flexibility index (Phi) is 4.17. The molecule has 0 aliphatic rings. The zero-order chi connectivity index (χ0) is 12.3. The van der Waals surface area contributed by atoms with Crippen LogP contribution in [0.2, 0.25) is 0 Å². The maximum absolute atomic E-state index is 5.86. The molecule has 0 aliphatic carbocycles. The van der Waals surface area contributed by atoms with Crippen LogP contribution in [0.4, 0.5) is 0 Å². The summed E-state index contributed by atoms with van der Waals surface area (Å²) >= 11 is 2.14. The van der Waals surface area contributed by atoms with Gasteiger partial charge in [-0.2, -0.15) is 0 Å². The van der Waals surface area contributed by atoms with E-state index in [1.807, 2.05) is 12.1 Å². The van der Waals surface area contributed by atoms with E-state index in [4.69, 9.17) is 8.60 Å². The fourth-order valence-electron chi connectivity index (χ4n) is 1.80. The van der Waals surface area contributed by atoms with Gasteiger partial charge in [0.15, 0.2) is 0 Å². The molecule has 2 nitrogen and oxygen atoms in total. The van der Waals surface area contributed by atoms with Gasteiger partial charge in [0.05, 0.1) is 21.7 Å². The van der Waals surface area contributed by atoms with Crippen molar-refractivity contribution < 1.29 is 8.60 Å². The van der Waals surface area contributed by atoms with Crippen molar-refractivity contribution in [2.24, 2.45) is 0 Å². The van der Waals surface area contributed by atoms with E-state index >= 15 is 0 Å². The minimum absolute atomic E-state index is 0.481. The first-order valence-corrected chi connectivity index (χ1v) is 8.51. The molecule has 1 heterocycles. The number of rotatable bonds is 4. The van der Waals surface area contributed by atoms with Gasteiger partial charge in [0.2, 0.25) is 0 Å². The highest BCUT2D eigenvalue weighted by atomic mass is 127. The van der Waals surface area contributed by atoms with Gasteiger partial charge in [0.25, 0.3) is 0 Å². The summed E-state index contributed by atoms with van der Waals surface area (Å²) in [7, 11) is 1.34. The molecule has 17 heavy (non-hydrogen) atoms. The maximum atomic E-state index is 5.86. The van der Waals surface area contributed by atoms with Crippen LogP contribution in [-0.2, 0) is 9.78 Å².